The number of aromatic amines is 1. The minimum atomic E-state index is -0.213. The predicted octanol–water partition coefficient (Wildman–Crippen LogP) is 2.22. The number of carbonyl (C=O) groups excluding carboxylic acids is 1. The molecule has 2 aromatic heterocycles. The molecule has 0 aliphatic carbocycles. The van der Waals surface area contributed by atoms with E-state index in [0.29, 0.717) is 17.5 Å². The fourth-order valence-electron chi connectivity index (χ4n) is 3.07. The van der Waals surface area contributed by atoms with Crippen molar-refractivity contribution >= 4 is 11.7 Å². The van der Waals surface area contributed by atoms with E-state index in [1.165, 1.54) is 0 Å². The molecule has 1 aliphatic heterocycles. The minimum Gasteiger partial charge on any atom is -0.360 e. The van der Waals surface area contributed by atoms with Crippen LogP contribution in [0.5, 0.6) is 0 Å². The zero-order chi connectivity index (χ0) is 16.4. The molecule has 3 heterocycles. The zero-order valence-electron chi connectivity index (χ0n) is 13.8. The maximum Gasteiger partial charge on any atom is 0.242 e. The first kappa shape index (κ1) is 15.7. The van der Waals surface area contributed by atoms with Crippen LogP contribution in [-0.4, -0.2) is 45.3 Å². The number of nitrogens with zero attached hydrogens (tertiary/aromatic N) is 3. The summed E-state index contributed by atoms with van der Waals surface area (Å²) in [5.41, 5.74) is 2.16. The van der Waals surface area contributed by atoms with Gasteiger partial charge in [0.2, 0.25) is 5.91 Å². The molecule has 2 aromatic rings. The van der Waals surface area contributed by atoms with Gasteiger partial charge >= 0.3 is 0 Å². The van der Waals surface area contributed by atoms with Gasteiger partial charge in [0.25, 0.3) is 0 Å². The average Bonchev–Trinajstić information content (AvgIpc) is 3.15. The summed E-state index contributed by atoms with van der Waals surface area (Å²) in [6.45, 7) is 7.50. The largest absolute Gasteiger partial charge is 0.360 e. The van der Waals surface area contributed by atoms with Crippen molar-refractivity contribution in [3.63, 3.8) is 0 Å². The van der Waals surface area contributed by atoms with Gasteiger partial charge in [-0.2, -0.15) is 5.10 Å². The molecule has 124 valence electrons. The van der Waals surface area contributed by atoms with Crippen LogP contribution in [0.25, 0.3) is 0 Å². The smallest absolute Gasteiger partial charge is 0.242 e. The van der Waals surface area contributed by atoms with Crippen molar-refractivity contribution in [3.05, 3.63) is 29.3 Å². The number of rotatable bonds is 4. The SMILES string of the molecule is Cc1cc(C2CCCN(C(C)C(=O)Nc3cc(C)on3)C2)n[nH]1. The van der Waals surface area contributed by atoms with Crippen molar-refractivity contribution in [3.8, 4) is 0 Å². The molecule has 2 atom stereocenters. The Morgan fingerprint density at radius 2 is 2.30 bits per heavy atom. The van der Waals surface area contributed by atoms with Crippen LogP contribution < -0.4 is 5.32 Å². The first-order valence-corrected chi connectivity index (χ1v) is 8.03. The van der Waals surface area contributed by atoms with E-state index < -0.39 is 0 Å². The Kier molecular flexibility index (Phi) is 4.47. The highest BCUT2D eigenvalue weighted by molar-refractivity contribution is 5.93. The second-order valence-electron chi connectivity index (χ2n) is 6.30. The third-order valence-electron chi connectivity index (χ3n) is 4.40. The zero-order valence-corrected chi connectivity index (χ0v) is 13.8. The van der Waals surface area contributed by atoms with Crippen molar-refractivity contribution in [2.45, 2.75) is 45.6 Å². The van der Waals surface area contributed by atoms with Gasteiger partial charge in [-0.25, -0.2) is 0 Å². The molecule has 0 bridgehead atoms. The number of carbonyl (C=O) groups is 1. The molecule has 0 radical (unpaired) electrons. The molecule has 3 rings (SSSR count). The van der Waals surface area contributed by atoms with Crippen LogP contribution >= 0.6 is 0 Å². The summed E-state index contributed by atoms with van der Waals surface area (Å²) >= 11 is 0. The van der Waals surface area contributed by atoms with Gasteiger partial charge in [-0.05, 0) is 46.2 Å². The van der Waals surface area contributed by atoms with E-state index in [1.54, 1.807) is 13.0 Å². The summed E-state index contributed by atoms with van der Waals surface area (Å²) in [7, 11) is 0. The second kappa shape index (κ2) is 6.54. The molecule has 1 amide bonds. The van der Waals surface area contributed by atoms with E-state index in [1.807, 2.05) is 13.8 Å². The van der Waals surface area contributed by atoms with E-state index >= 15 is 0 Å². The number of H-pyrrole nitrogens is 1. The summed E-state index contributed by atoms with van der Waals surface area (Å²) in [5, 5.41) is 14.0. The summed E-state index contributed by atoms with van der Waals surface area (Å²) in [6, 6.07) is 3.60. The summed E-state index contributed by atoms with van der Waals surface area (Å²) in [6.07, 6.45) is 2.18. The van der Waals surface area contributed by atoms with Crippen molar-refractivity contribution in [1.82, 2.24) is 20.3 Å². The normalized spacial score (nSPS) is 20.4. The number of anilines is 1. The van der Waals surface area contributed by atoms with Crippen molar-refractivity contribution < 1.29 is 9.32 Å². The molecule has 0 aromatic carbocycles. The Hall–Kier alpha value is -2.15. The van der Waals surface area contributed by atoms with Gasteiger partial charge in [-0.3, -0.25) is 14.8 Å². The van der Waals surface area contributed by atoms with Crippen LogP contribution in [0.15, 0.2) is 16.7 Å². The number of likely N-dealkylation sites (tertiary alicyclic amines) is 1. The lowest BCUT2D eigenvalue weighted by atomic mass is 9.93. The third kappa shape index (κ3) is 3.61. The molecule has 1 fully saturated rings. The van der Waals surface area contributed by atoms with E-state index in [4.69, 9.17) is 4.52 Å². The van der Waals surface area contributed by atoms with Crippen LogP contribution in [0.3, 0.4) is 0 Å². The van der Waals surface area contributed by atoms with Gasteiger partial charge in [0.1, 0.15) is 5.76 Å². The Labute approximate surface area is 135 Å². The molecule has 0 saturated carbocycles. The molecular formula is C16H23N5O2. The average molecular weight is 317 g/mol. The van der Waals surface area contributed by atoms with Crippen LogP contribution in [0.4, 0.5) is 5.82 Å². The van der Waals surface area contributed by atoms with Gasteiger partial charge in [-0.15, -0.1) is 0 Å². The maximum atomic E-state index is 12.4. The Morgan fingerprint density at radius 3 is 2.96 bits per heavy atom. The molecule has 2 unspecified atom stereocenters. The maximum absolute atomic E-state index is 12.4. The van der Waals surface area contributed by atoms with Crippen molar-refractivity contribution in [2.75, 3.05) is 18.4 Å². The van der Waals surface area contributed by atoms with Gasteiger partial charge in [-0.1, -0.05) is 5.16 Å². The van der Waals surface area contributed by atoms with Crippen molar-refractivity contribution in [1.29, 1.82) is 0 Å². The van der Waals surface area contributed by atoms with Crippen molar-refractivity contribution in [2.24, 2.45) is 0 Å². The molecule has 7 heteroatoms. The van der Waals surface area contributed by atoms with E-state index in [-0.39, 0.29) is 11.9 Å². The molecule has 1 aliphatic rings. The standard InChI is InChI=1S/C16H23N5O2/c1-10-7-14(19-18-10)13-5-4-6-21(9-13)12(3)16(22)17-15-8-11(2)23-20-15/h7-8,12-13H,4-6,9H2,1-3H3,(H,18,19)(H,17,20,22). The van der Waals surface area contributed by atoms with Gasteiger partial charge < -0.3 is 9.84 Å². The highest BCUT2D eigenvalue weighted by atomic mass is 16.5. The lowest BCUT2D eigenvalue weighted by Crippen LogP contribution is -2.46. The van der Waals surface area contributed by atoms with E-state index in [2.05, 4.69) is 31.6 Å². The Balaban J connectivity index is 1.62. The molecular weight excluding hydrogens is 294 g/mol. The number of nitrogens with one attached hydrogen (secondary N) is 2. The topological polar surface area (TPSA) is 87.1 Å². The van der Waals surface area contributed by atoms with Gasteiger partial charge in [0.05, 0.1) is 11.7 Å². The molecule has 1 saturated heterocycles. The number of hydrogen-bond donors (Lipinski definition) is 2. The Morgan fingerprint density at radius 1 is 1.48 bits per heavy atom. The molecule has 2 N–H and O–H groups in total. The summed E-state index contributed by atoms with van der Waals surface area (Å²) < 4.78 is 4.98. The molecule has 23 heavy (non-hydrogen) atoms. The monoisotopic (exact) mass is 317 g/mol. The third-order valence-corrected chi connectivity index (χ3v) is 4.40. The minimum absolute atomic E-state index is 0.0582. The quantitative estimate of drug-likeness (QED) is 0.903. The Bertz CT molecular complexity index is 678. The van der Waals surface area contributed by atoms with E-state index in [0.717, 1.165) is 37.3 Å². The number of amides is 1. The van der Waals surface area contributed by atoms with Crippen LogP contribution in [0, 0.1) is 13.8 Å². The number of piperidine rings is 1. The van der Waals surface area contributed by atoms with Crippen LogP contribution in [0.1, 0.15) is 42.8 Å². The fourth-order valence-corrected chi connectivity index (χ4v) is 3.07. The van der Waals surface area contributed by atoms with Crippen LogP contribution in [0.2, 0.25) is 0 Å². The first-order chi connectivity index (χ1) is 11.0. The second-order valence-corrected chi connectivity index (χ2v) is 6.30. The summed E-state index contributed by atoms with van der Waals surface area (Å²) in [5.74, 6) is 1.46. The molecule has 0 spiro atoms. The van der Waals surface area contributed by atoms with E-state index in [9.17, 15) is 4.79 Å². The highest BCUT2D eigenvalue weighted by Crippen LogP contribution is 2.27. The summed E-state index contributed by atoms with van der Waals surface area (Å²) in [4.78, 5) is 14.6. The highest BCUT2D eigenvalue weighted by Gasteiger charge is 2.29. The lowest BCUT2D eigenvalue weighted by molar-refractivity contribution is -0.121. The van der Waals surface area contributed by atoms with Gasteiger partial charge in [0, 0.05) is 24.2 Å². The number of aromatic nitrogens is 3. The fraction of sp³-hybridized carbons (Fsp3) is 0.562. The lowest BCUT2D eigenvalue weighted by Gasteiger charge is -2.35. The first-order valence-electron chi connectivity index (χ1n) is 8.03. The number of aryl methyl sites for hydroxylation is 2. The number of hydrogen-bond acceptors (Lipinski definition) is 5. The van der Waals surface area contributed by atoms with Gasteiger partial charge in [0.15, 0.2) is 5.82 Å². The predicted molar refractivity (Wildman–Crippen MR) is 86.2 cm³/mol. The molecule has 7 nitrogen and oxygen atoms in total. The van der Waals surface area contributed by atoms with Crippen LogP contribution in [-0.2, 0) is 4.79 Å².